The first kappa shape index (κ1) is 12.7. The Labute approximate surface area is 97.6 Å². The molecule has 0 unspecified atom stereocenters. The minimum absolute atomic E-state index is 0.0151. The van der Waals surface area contributed by atoms with Crippen molar-refractivity contribution in [3.63, 3.8) is 0 Å². The Morgan fingerprint density at radius 2 is 2.19 bits per heavy atom. The third kappa shape index (κ3) is 3.31. The molecule has 0 bridgehead atoms. The molecule has 1 aromatic carbocycles. The number of nitrogen functional groups attached to an aromatic ring is 1. The fourth-order valence-corrected chi connectivity index (χ4v) is 1.63. The van der Waals surface area contributed by atoms with Crippen molar-refractivity contribution in [2.24, 2.45) is 0 Å². The Kier molecular flexibility index (Phi) is 4.93. The molecule has 2 nitrogen and oxygen atoms in total. The van der Waals surface area contributed by atoms with Crippen molar-refractivity contribution in [2.45, 2.75) is 0 Å². The summed E-state index contributed by atoms with van der Waals surface area (Å²) >= 11 is 1.53. The monoisotopic (exact) mass is 242 g/mol. The van der Waals surface area contributed by atoms with E-state index in [0.29, 0.717) is 18.1 Å². The van der Waals surface area contributed by atoms with Gasteiger partial charge in [-0.15, -0.1) is 18.2 Å². The third-order valence-corrected chi connectivity index (χ3v) is 2.72. The van der Waals surface area contributed by atoms with Gasteiger partial charge in [0, 0.05) is 12.3 Å². The van der Waals surface area contributed by atoms with Gasteiger partial charge in [0.25, 0.3) is 0 Å². The van der Waals surface area contributed by atoms with Crippen LogP contribution in [0.5, 0.6) is 0 Å². The summed E-state index contributed by atoms with van der Waals surface area (Å²) in [6.45, 7) is 0.483. The van der Waals surface area contributed by atoms with E-state index in [1.165, 1.54) is 17.8 Å². The molecule has 0 aliphatic heterocycles. The number of thioether (sulfide) groups is 1. The maximum absolute atomic E-state index is 13.3. The van der Waals surface area contributed by atoms with E-state index in [4.69, 9.17) is 12.2 Å². The highest BCUT2D eigenvalue weighted by atomic mass is 32.2. The van der Waals surface area contributed by atoms with Crippen molar-refractivity contribution in [1.82, 2.24) is 0 Å². The van der Waals surface area contributed by atoms with E-state index < -0.39 is 11.6 Å². The zero-order valence-electron chi connectivity index (χ0n) is 8.59. The van der Waals surface area contributed by atoms with E-state index in [-0.39, 0.29) is 11.4 Å². The molecule has 0 saturated heterocycles. The zero-order chi connectivity index (χ0) is 12.0. The van der Waals surface area contributed by atoms with Crippen LogP contribution in [0.4, 0.5) is 20.2 Å². The molecule has 0 amide bonds. The normalized spacial score (nSPS) is 9.81. The van der Waals surface area contributed by atoms with Crippen LogP contribution in [0.15, 0.2) is 12.1 Å². The second kappa shape index (κ2) is 6.23. The second-order valence-electron chi connectivity index (χ2n) is 3.01. The number of benzene rings is 1. The van der Waals surface area contributed by atoms with Gasteiger partial charge in [0.1, 0.15) is 0 Å². The number of rotatable bonds is 5. The molecule has 16 heavy (non-hydrogen) atoms. The number of halogens is 2. The van der Waals surface area contributed by atoms with E-state index in [9.17, 15) is 8.78 Å². The van der Waals surface area contributed by atoms with Gasteiger partial charge in [0.2, 0.25) is 0 Å². The van der Waals surface area contributed by atoms with E-state index in [2.05, 4.69) is 11.2 Å². The van der Waals surface area contributed by atoms with Gasteiger partial charge in [-0.2, -0.15) is 0 Å². The number of hydrogen-bond donors (Lipinski definition) is 2. The minimum Gasteiger partial charge on any atom is -0.397 e. The van der Waals surface area contributed by atoms with Gasteiger partial charge in [0.05, 0.1) is 17.1 Å². The first-order valence-electron chi connectivity index (χ1n) is 4.65. The molecule has 0 aliphatic rings. The van der Waals surface area contributed by atoms with E-state index in [0.717, 1.165) is 6.07 Å². The zero-order valence-corrected chi connectivity index (χ0v) is 9.41. The molecule has 0 aromatic heterocycles. The van der Waals surface area contributed by atoms with Crippen molar-refractivity contribution in [1.29, 1.82) is 0 Å². The van der Waals surface area contributed by atoms with Crippen molar-refractivity contribution < 1.29 is 8.78 Å². The highest BCUT2D eigenvalue weighted by Crippen LogP contribution is 2.24. The van der Waals surface area contributed by atoms with E-state index in [1.54, 1.807) is 0 Å². The maximum Gasteiger partial charge on any atom is 0.183 e. The number of nitrogens with two attached hydrogens (primary N) is 1. The summed E-state index contributed by atoms with van der Waals surface area (Å²) in [5.74, 6) is 1.93. The second-order valence-corrected chi connectivity index (χ2v) is 4.11. The summed E-state index contributed by atoms with van der Waals surface area (Å²) in [5.41, 5.74) is 5.73. The molecule has 86 valence electrons. The van der Waals surface area contributed by atoms with E-state index >= 15 is 0 Å². The smallest absolute Gasteiger partial charge is 0.183 e. The van der Waals surface area contributed by atoms with Crippen molar-refractivity contribution in [3.05, 3.63) is 23.8 Å². The lowest BCUT2D eigenvalue weighted by Gasteiger charge is -2.10. The largest absolute Gasteiger partial charge is 0.397 e. The van der Waals surface area contributed by atoms with Gasteiger partial charge in [-0.1, -0.05) is 5.92 Å². The molecular formula is C11H12F2N2S. The number of terminal acetylenes is 1. The fraction of sp³-hybridized carbons (Fsp3) is 0.273. The van der Waals surface area contributed by atoms with Crippen molar-refractivity contribution >= 4 is 23.1 Å². The van der Waals surface area contributed by atoms with Crippen LogP contribution in [0.25, 0.3) is 0 Å². The van der Waals surface area contributed by atoms with Gasteiger partial charge in [-0.3, -0.25) is 0 Å². The van der Waals surface area contributed by atoms with Crippen LogP contribution in [0, 0.1) is 24.0 Å². The van der Waals surface area contributed by atoms with Crippen LogP contribution in [0.2, 0.25) is 0 Å². The summed E-state index contributed by atoms with van der Waals surface area (Å²) < 4.78 is 26.2. The van der Waals surface area contributed by atoms with Gasteiger partial charge >= 0.3 is 0 Å². The molecule has 1 aromatic rings. The quantitative estimate of drug-likeness (QED) is 0.473. The van der Waals surface area contributed by atoms with Crippen molar-refractivity contribution in [2.75, 3.05) is 29.1 Å². The van der Waals surface area contributed by atoms with E-state index in [1.807, 2.05) is 0 Å². The summed E-state index contributed by atoms with van der Waals surface area (Å²) in [7, 11) is 0. The topological polar surface area (TPSA) is 38.0 Å². The van der Waals surface area contributed by atoms with Crippen LogP contribution in [-0.2, 0) is 0 Å². The first-order valence-corrected chi connectivity index (χ1v) is 5.81. The summed E-state index contributed by atoms with van der Waals surface area (Å²) in [4.78, 5) is 0. The highest BCUT2D eigenvalue weighted by molar-refractivity contribution is 7.99. The number of nitrogens with one attached hydrogen (secondary N) is 1. The average Bonchev–Trinajstić information content (AvgIpc) is 2.28. The first-order chi connectivity index (χ1) is 7.66. The van der Waals surface area contributed by atoms with Gasteiger partial charge in [0.15, 0.2) is 11.6 Å². The van der Waals surface area contributed by atoms with Gasteiger partial charge in [-0.05, 0) is 12.1 Å². The molecule has 1 rings (SSSR count). The van der Waals surface area contributed by atoms with Crippen LogP contribution in [-0.4, -0.2) is 18.1 Å². The van der Waals surface area contributed by atoms with Crippen LogP contribution in [0.1, 0.15) is 0 Å². The Morgan fingerprint density at radius 3 is 2.88 bits per heavy atom. The molecule has 0 heterocycles. The maximum atomic E-state index is 13.3. The molecule has 0 fully saturated rings. The molecule has 0 radical (unpaired) electrons. The molecule has 0 aliphatic carbocycles. The average molecular weight is 242 g/mol. The molecule has 5 heteroatoms. The third-order valence-electron chi connectivity index (χ3n) is 1.86. The molecule has 3 N–H and O–H groups in total. The molecule has 0 spiro atoms. The summed E-state index contributed by atoms with van der Waals surface area (Å²) in [6, 6.07) is 2.33. The minimum atomic E-state index is -0.943. The lowest BCUT2D eigenvalue weighted by molar-refractivity contribution is 0.511. The predicted octanol–water partition coefficient (Wildman–Crippen LogP) is 2.33. The standard InChI is InChI=1S/C11H12F2N2S/c1-2-6-16-7-5-15-11-9(14)4-3-8(12)10(11)13/h1,3-4,15H,5-7,14H2. The SMILES string of the molecule is C#CCSCCNc1c(N)ccc(F)c1F. The van der Waals surface area contributed by atoms with Crippen molar-refractivity contribution in [3.8, 4) is 12.3 Å². The Bertz CT molecular complexity index is 402. The Morgan fingerprint density at radius 1 is 1.44 bits per heavy atom. The number of anilines is 2. The number of hydrogen-bond acceptors (Lipinski definition) is 3. The molecular weight excluding hydrogens is 230 g/mol. The van der Waals surface area contributed by atoms with Crippen LogP contribution < -0.4 is 11.1 Å². The summed E-state index contributed by atoms with van der Waals surface area (Å²) in [6.07, 6.45) is 5.07. The molecule has 0 atom stereocenters. The molecule has 0 saturated carbocycles. The summed E-state index contributed by atoms with van der Waals surface area (Å²) in [5, 5.41) is 2.75. The predicted molar refractivity (Wildman–Crippen MR) is 65.4 cm³/mol. The van der Waals surface area contributed by atoms with Gasteiger partial charge < -0.3 is 11.1 Å². The Hall–Kier alpha value is -1.41. The van der Waals surface area contributed by atoms with Crippen LogP contribution in [0.3, 0.4) is 0 Å². The lowest BCUT2D eigenvalue weighted by Crippen LogP contribution is -2.09. The Balaban J connectivity index is 2.54. The highest BCUT2D eigenvalue weighted by Gasteiger charge is 2.10. The fourth-order valence-electron chi connectivity index (χ4n) is 1.12. The lowest BCUT2D eigenvalue weighted by atomic mass is 10.2. The van der Waals surface area contributed by atoms with Crippen LogP contribution >= 0.6 is 11.8 Å². The van der Waals surface area contributed by atoms with Gasteiger partial charge in [-0.25, -0.2) is 8.78 Å².